The van der Waals surface area contributed by atoms with Crippen LogP contribution in [0.1, 0.15) is 18.1 Å². The maximum Gasteiger partial charge on any atom is 0.206 e. The van der Waals surface area contributed by atoms with Gasteiger partial charge in [-0.1, -0.05) is 24.3 Å². The zero-order chi connectivity index (χ0) is 12.3. The van der Waals surface area contributed by atoms with Gasteiger partial charge in [0.2, 0.25) is 12.4 Å². The number of aliphatic imine (C=N–C) groups is 2. The third-order valence-corrected chi connectivity index (χ3v) is 2.52. The molecule has 0 radical (unpaired) electrons. The first kappa shape index (κ1) is 10.8. The number of hydrogen-bond acceptors (Lipinski definition) is 4. The quantitative estimate of drug-likeness (QED) is 0.628. The van der Waals surface area contributed by atoms with Gasteiger partial charge in [-0.05, 0) is 18.6 Å². The van der Waals surface area contributed by atoms with Gasteiger partial charge in [0.05, 0.1) is 11.4 Å². The zero-order valence-corrected chi connectivity index (χ0v) is 9.18. The van der Waals surface area contributed by atoms with E-state index in [9.17, 15) is 0 Å². The zero-order valence-electron chi connectivity index (χ0n) is 9.18. The third kappa shape index (κ3) is 1.84. The third-order valence-electron chi connectivity index (χ3n) is 2.52. The van der Waals surface area contributed by atoms with E-state index in [-0.39, 0.29) is 0 Å². The average molecular weight is 220 g/mol. The Hall–Kier alpha value is -2.72. The molecule has 4 heteroatoms. The molecule has 1 aromatic rings. The molecule has 80 valence electrons. The number of allylic oxidation sites excluding steroid dienone is 2. The molecule has 0 saturated carbocycles. The van der Waals surface area contributed by atoms with Crippen molar-refractivity contribution in [2.24, 2.45) is 9.98 Å². The van der Waals surface area contributed by atoms with Gasteiger partial charge in [0.15, 0.2) is 0 Å². The molecule has 4 nitrogen and oxygen atoms in total. The van der Waals surface area contributed by atoms with Gasteiger partial charge >= 0.3 is 0 Å². The minimum absolute atomic E-state index is 0.609. The number of rotatable bonds is 0. The van der Waals surface area contributed by atoms with Crippen LogP contribution in [0, 0.1) is 22.9 Å². The van der Waals surface area contributed by atoms with E-state index in [1.54, 1.807) is 18.5 Å². The van der Waals surface area contributed by atoms with Crippen molar-refractivity contribution in [2.75, 3.05) is 0 Å². The molecule has 0 unspecified atom stereocenters. The van der Waals surface area contributed by atoms with Crippen molar-refractivity contribution in [2.45, 2.75) is 6.92 Å². The fraction of sp³-hybridized carbons (Fsp3) is 0.0769. The Kier molecular flexibility index (Phi) is 2.81. The monoisotopic (exact) mass is 220 g/mol. The summed E-state index contributed by atoms with van der Waals surface area (Å²) in [7, 11) is 0. The molecule has 2 rings (SSSR count). The number of benzene rings is 1. The molecule has 0 atom stereocenters. The van der Waals surface area contributed by atoms with Crippen molar-refractivity contribution in [1.29, 1.82) is 10.5 Å². The van der Waals surface area contributed by atoms with Gasteiger partial charge in [0.1, 0.15) is 0 Å². The largest absolute Gasteiger partial charge is 0.206 e. The fourth-order valence-corrected chi connectivity index (χ4v) is 1.82. The van der Waals surface area contributed by atoms with Crippen LogP contribution in [-0.2, 0) is 0 Å². The standard InChI is InChI=1S/C13H8N4/c1-9-6-12(16-7-14)10-4-2-3-5-11(10)13(9)17-8-15/h2-6H,1H3. The minimum Gasteiger partial charge on any atom is -0.173 e. The van der Waals surface area contributed by atoms with Crippen LogP contribution in [0.25, 0.3) is 0 Å². The first-order valence-corrected chi connectivity index (χ1v) is 5.00. The average Bonchev–Trinajstić information content (AvgIpc) is 2.34. The summed E-state index contributed by atoms with van der Waals surface area (Å²) in [6.45, 7) is 1.85. The number of nitrogens with zero attached hydrogens (tertiary/aromatic N) is 4. The van der Waals surface area contributed by atoms with Gasteiger partial charge in [-0.15, -0.1) is 0 Å². The maximum absolute atomic E-state index is 8.68. The molecular weight excluding hydrogens is 212 g/mol. The molecule has 17 heavy (non-hydrogen) atoms. The number of hydrogen-bond donors (Lipinski definition) is 0. The summed E-state index contributed by atoms with van der Waals surface area (Å²) in [6.07, 6.45) is 5.35. The normalized spacial score (nSPS) is 18.2. The highest BCUT2D eigenvalue weighted by Crippen LogP contribution is 2.22. The molecule has 0 bridgehead atoms. The molecule has 0 spiro atoms. The van der Waals surface area contributed by atoms with E-state index in [1.165, 1.54) is 0 Å². The lowest BCUT2D eigenvalue weighted by Gasteiger charge is -2.16. The molecule has 0 aliphatic heterocycles. The van der Waals surface area contributed by atoms with E-state index in [0.29, 0.717) is 11.4 Å². The highest BCUT2D eigenvalue weighted by molar-refractivity contribution is 6.28. The van der Waals surface area contributed by atoms with Gasteiger partial charge in [-0.2, -0.15) is 20.5 Å². The molecule has 0 fully saturated rings. The summed E-state index contributed by atoms with van der Waals surface area (Å²) in [5.41, 5.74) is 3.74. The second-order valence-corrected chi connectivity index (χ2v) is 3.53. The summed E-state index contributed by atoms with van der Waals surface area (Å²) >= 11 is 0. The van der Waals surface area contributed by atoms with Crippen LogP contribution in [0.5, 0.6) is 0 Å². The Morgan fingerprint density at radius 1 is 1.00 bits per heavy atom. The van der Waals surface area contributed by atoms with Crippen LogP contribution in [0.4, 0.5) is 0 Å². The van der Waals surface area contributed by atoms with Gasteiger partial charge in [0, 0.05) is 11.1 Å². The molecular formula is C13H8N4. The Labute approximate surface area is 98.9 Å². The van der Waals surface area contributed by atoms with Crippen molar-refractivity contribution in [3.05, 3.63) is 47.0 Å². The minimum atomic E-state index is 0.609. The van der Waals surface area contributed by atoms with E-state index in [0.717, 1.165) is 16.7 Å². The predicted octanol–water partition coefficient (Wildman–Crippen LogP) is 2.19. The summed E-state index contributed by atoms with van der Waals surface area (Å²) in [4.78, 5) is 7.59. The van der Waals surface area contributed by atoms with Crippen LogP contribution in [-0.4, -0.2) is 11.4 Å². The van der Waals surface area contributed by atoms with Crippen molar-refractivity contribution in [3.8, 4) is 12.4 Å². The fourth-order valence-electron chi connectivity index (χ4n) is 1.82. The first-order valence-electron chi connectivity index (χ1n) is 5.00. The van der Waals surface area contributed by atoms with Crippen LogP contribution in [0.3, 0.4) is 0 Å². The molecule has 0 aromatic heterocycles. The van der Waals surface area contributed by atoms with E-state index in [1.807, 2.05) is 31.2 Å². The van der Waals surface area contributed by atoms with Crippen LogP contribution in [0.2, 0.25) is 0 Å². The van der Waals surface area contributed by atoms with Gasteiger partial charge in [-0.25, -0.2) is 0 Å². The summed E-state index contributed by atoms with van der Waals surface area (Å²) in [6, 6.07) is 7.47. The van der Waals surface area contributed by atoms with Crippen molar-refractivity contribution in [1.82, 2.24) is 0 Å². The summed E-state index contributed by atoms with van der Waals surface area (Å²) in [5, 5.41) is 17.3. The van der Waals surface area contributed by atoms with Gasteiger partial charge < -0.3 is 0 Å². The Balaban J connectivity index is 2.73. The molecule has 0 heterocycles. The predicted molar refractivity (Wildman–Crippen MR) is 64.5 cm³/mol. The second kappa shape index (κ2) is 4.42. The van der Waals surface area contributed by atoms with E-state index in [2.05, 4.69) is 9.98 Å². The van der Waals surface area contributed by atoms with Crippen LogP contribution in [0.15, 0.2) is 45.9 Å². The van der Waals surface area contributed by atoms with E-state index >= 15 is 0 Å². The summed E-state index contributed by atoms with van der Waals surface area (Å²) < 4.78 is 0. The second-order valence-electron chi connectivity index (χ2n) is 3.53. The maximum atomic E-state index is 8.68. The topological polar surface area (TPSA) is 72.3 Å². The van der Waals surface area contributed by atoms with Crippen molar-refractivity contribution >= 4 is 11.4 Å². The van der Waals surface area contributed by atoms with Crippen LogP contribution >= 0.6 is 0 Å². The van der Waals surface area contributed by atoms with Crippen molar-refractivity contribution < 1.29 is 0 Å². The lowest BCUT2D eigenvalue weighted by Crippen LogP contribution is -2.16. The molecule has 1 aliphatic carbocycles. The Morgan fingerprint density at radius 3 is 2.29 bits per heavy atom. The van der Waals surface area contributed by atoms with Gasteiger partial charge in [0.25, 0.3) is 0 Å². The molecule has 0 N–H and O–H groups in total. The lowest BCUT2D eigenvalue weighted by molar-refractivity contribution is 1.38. The van der Waals surface area contributed by atoms with Crippen molar-refractivity contribution in [3.63, 3.8) is 0 Å². The lowest BCUT2D eigenvalue weighted by atomic mass is 9.89. The van der Waals surface area contributed by atoms with E-state index < -0.39 is 0 Å². The number of fused-ring (bicyclic) bond motifs is 1. The first-order chi connectivity index (χ1) is 8.27. The highest BCUT2D eigenvalue weighted by Gasteiger charge is 2.19. The van der Waals surface area contributed by atoms with E-state index in [4.69, 9.17) is 10.5 Å². The number of nitriles is 2. The SMILES string of the molecule is CC1=CC(=NC#N)c2ccccc2C1=NC#N. The van der Waals surface area contributed by atoms with Gasteiger partial charge in [-0.3, -0.25) is 0 Å². The molecule has 0 amide bonds. The smallest absolute Gasteiger partial charge is 0.173 e. The Bertz CT molecular complexity index is 636. The molecule has 0 saturated heterocycles. The highest BCUT2D eigenvalue weighted by atomic mass is 14.8. The molecule has 1 aromatic carbocycles. The van der Waals surface area contributed by atoms with Crippen LogP contribution < -0.4 is 0 Å². The summed E-state index contributed by atoms with van der Waals surface area (Å²) in [5.74, 6) is 0. The molecule has 1 aliphatic rings. The Morgan fingerprint density at radius 2 is 1.65 bits per heavy atom.